The molecule has 1 aliphatic rings. The van der Waals surface area contributed by atoms with Crippen LogP contribution in [-0.4, -0.2) is 21.3 Å². The number of nitrogens with zero attached hydrogens (tertiary/aromatic N) is 3. The van der Waals surface area contributed by atoms with Crippen molar-refractivity contribution in [3.05, 3.63) is 30.6 Å². The molecule has 4 rings (SSSR count). The Morgan fingerprint density at radius 3 is 2.75 bits per heavy atom. The largest absolute Gasteiger partial charge is 0.384 e. The Hall–Kier alpha value is -2.01. The zero-order chi connectivity index (χ0) is 17.1. The molecular weight excluding hydrogens is 316 g/mol. The van der Waals surface area contributed by atoms with Gasteiger partial charge in [-0.3, -0.25) is 9.67 Å². The minimum Gasteiger partial charge on any atom is -0.384 e. The molecule has 24 heavy (non-hydrogen) atoms. The monoisotopic (exact) mass is 340 g/mol. The Balaban J connectivity index is 0.000000815. The van der Waals surface area contributed by atoms with Crippen LogP contribution in [0.15, 0.2) is 40.4 Å². The summed E-state index contributed by atoms with van der Waals surface area (Å²) in [6.07, 6.45) is 4.86. The zero-order valence-corrected chi connectivity index (χ0v) is 15.6. The van der Waals surface area contributed by atoms with Crippen LogP contribution in [0.3, 0.4) is 0 Å². The van der Waals surface area contributed by atoms with E-state index >= 15 is 0 Å². The van der Waals surface area contributed by atoms with Crippen LogP contribution in [0.25, 0.3) is 22.2 Å². The third-order valence-corrected chi connectivity index (χ3v) is 5.13. The molecule has 0 fully saturated rings. The maximum Gasteiger partial charge on any atom is 0.104 e. The maximum absolute atomic E-state index is 4.89. The summed E-state index contributed by atoms with van der Waals surface area (Å²) in [5.74, 6) is 0. The van der Waals surface area contributed by atoms with Gasteiger partial charge in [-0.15, -0.1) is 0 Å². The van der Waals surface area contributed by atoms with Gasteiger partial charge in [0.15, 0.2) is 0 Å². The molecule has 126 valence electrons. The Bertz CT molecular complexity index is 854. The van der Waals surface area contributed by atoms with Crippen molar-refractivity contribution >= 4 is 28.4 Å². The van der Waals surface area contributed by atoms with Gasteiger partial charge in [0.1, 0.15) is 5.69 Å². The van der Waals surface area contributed by atoms with Crippen molar-refractivity contribution in [2.75, 3.05) is 11.9 Å². The van der Waals surface area contributed by atoms with Gasteiger partial charge in [0.2, 0.25) is 0 Å². The minimum atomic E-state index is 0.917. The van der Waals surface area contributed by atoms with Gasteiger partial charge in [-0.2, -0.15) is 5.10 Å². The van der Waals surface area contributed by atoms with Crippen LogP contribution in [0, 0.1) is 0 Å². The Labute approximate surface area is 147 Å². The highest BCUT2D eigenvalue weighted by Crippen LogP contribution is 2.50. The molecular formula is C19H24N4S. The van der Waals surface area contributed by atoms with E-state index in [0.717, 1.165) is 30.8 Å². The van der Waals surface area contributed by atoms with Crippen molar-refractivity contribution in [3.8, 4) is 11.3 Å². The second-order valence-corrected chi connectivity index (χ2v) is 6.46. The topological polar surface area (TPSA) is 42.7 Å². The van der Waals surface area contributed by atoms with Crippen LogP contribution in [0.2, 0.25) is 0 Å². The Morgan fingerprint density at radius 2 is 2.00 bits per heavy atom. The average Bonchev–Trinajstić information content (AvgIpc) is 2.99. The number of nitrogens with one attached hydrogen (secondary N) is 1. The first-order valence-corrected chi connectivity index (χ1v) is 9.54. The van der Waals surface area contributed by atoms with Crippen molar-refractivity contribution in [2.24, 2.45) is 0 Å². The molecule has 0 spiro atoms. The van der Waals surface area contributed by atoms with E-state index in [1.807, 2.05) is 38.0 Å². The number of hydrogen-bond acceptors (Lipinski definition) is 4. The second-order valence-electron chi connectivity index (χ2n) is 5.41. The van der Waals surface area contributed by atoms with Crippen molar-refractivity contribution < 1.29 is 0 Å². The number of fused-ring (bicyclic) bond motifs is 2. The van der Waals surface area contributed by atoms with Gasteiger partial charge in [0.05, 0.1) is 5.52 Å². The first-order chi connectivity index (χ1) is 11.8. The number of aryl methyl sites for hydroxylation is 1. The van der Waals surface area contributed by atoms with Crippen LogP contribution in [-0.2, 0) is 6.54 Å². The van der Waals surface area contributed by atoms with E-state index in [9.17, 15) is 0 Å². The first-order valence-electron chi connectivity index (χ1n) is 8.73. The lowest BCUT2D eigenvalue weighted by molar-refractivity contribution is 0.624. The molecule has 1 aliphatic heterocycles. The predicted molar refractivity (Wildman–Crippen MR) is 103 cm³/mol. The third-order valence-electron chi connectivity index (χ3n) is 3.92. The summed E-state index contributed by atoms with van der Waals surface area (Å²) in [6, 6.07) is 6.44. The summed E-state index contributed by atoms with van der Waals surface area (Å²) in [5.41, 5.74) is 4.63. The molecule has 4 nitrogen and oxygen atoms in total. The SMILES string of the molecule is CC.CCCn1nc2c3c(c(NCC)ccc31)Sc1ccncc1-2. The molecule has 0 amide bonds. The molecule has 0 unspecified atom stereocenters. The molecule has 3 aromatic rings. The van der Waals surface area contributed by atoms with Gasteiger partial charge in [-0.1, -0.05) is 32.5 Å². The first kappa shape index (κ1) is 16.8. The number of hydrogen-bond donors (Lipinski definition) is 1. The van der Waals surface area contributed by atoms with Crippen molar-refractivity contribution in [3.63, 3.8) is 0 Å². The lowest BCUT2D eigenvalue weighted by Crippen LogP contribution is -2.00. The van der Waals surface area contributed by atoms with Gasteiger partial charge in [-0.25, -0.2) is 0 Å². The standard InChI is InChI=1S/C17H18N4S.C2H6/c1-3-9-21-13-6-5-12(19-4-2)17-15(13)16(20-21)11-10-18-8-7-14(11)22-17;1-2/h5-8,10,19H,3-4,9H2,1-2H3;1-2H3. The summed E-state index contributed by atoms with van der Waals surface area (Å²) in [5, 5.41) is 9.63. The number of pyridine rings is 1. The molecule has 1 N–H and O–H groups in total. The fraction of sp³-hybridized carbons (Fsp3) is 0.368. The van der Waals surface area contributed by atoms with Crippen LogP contribution in [0.4, 0.5) is 5.69 Å². The lowest BCUT2D eigenvalue weighted by atomic mass is 10.1. The molecule has 0 saturated heterocycles. The molecule has 1 aromatic carbocycles. The molecule has 0 radical (unpaired) electrons. The summed E-state index contributed by atoms with van der Waals surface area (Å²) in [4.78, 5) is 6.81. The fourth-order valence-electron chi connectivity index (χ4n) is 3.01. The quantitative estimate of drug-likeness (QED) is 0.538. The van der Waals surface area contributed by atoms with E-state index < -0.39 is 0 Å². The van der Waals surface area contributed by atoms with Gasteiger partial charge >= 0.3 is 0 Å². The van der Waals surface area contributed by atoms with E-state index in [2.05, 4.69) is 47.0 Å². The summed E-state index contributed by atoms with van der Waals surface area (Å²) in [6.45, 7) is 10.2. The molecule has 0 atom stereocenters. The highest BCUT2D eigenvalue weighted by molar-refractivity contribution is 8.00. The van der Waals surface area contributed by atoms with Crippen molar-refractivity contribution in [1.29, 1.82) is 0 Å². The molecule has 0 bridgehead atoms. The predicted octanol–water partition coefficient (Wildman–Crippen LogP) is 5.43. The van der Waals surface area contributed by atoms with Crippen molar-refractivity contribution in [1.82, 2.24) is 14.8 Å². The van der Waals surface area contributed by atoms with Gasteiger partial charge < -0.3 is 5.32 Å². The van der Waals surface area contributed by atoms with E-state index in [1.54, 1.807) is 0 Å². The van der Waals surface area contributed by atoms with Gasteiger partial charge in [0.25, 0.3) is 0 Å². The third kappa shape index (κ3) is 2.67. The molecule has 3 heterocycles. The number of aromatic nitrogens is 3. The van der Waals surface area contributed by atoms with Crippen LogP contribution >= 0.6 is 11.8 Å². The van der Waals surface area contributed by atoms with Gasteiger partial charge in [0, 0.05) is 51.9 Å². The molecule has 2 aromatic heterocycles. The summed E-state index contributed by atoms with van der Waals surface area (Å²) < 4.78 is 2.13. The number of anilines is 1. The fourth-order valence-corrected chi connectivity index (χ4v) is 4.17. The average molecular weight is 340 g/mol. The van der Waals surface area contributed by atoms with E-state index in [0.29, 0.717) is 0 Å². The van der Waals surface area contributed by atoms with Crippen molar-refractivity contribution in [2.45, 2.75) is 50.5 Å². The molecule has 0 aliphatic carbocycles. The van der Waals surface area contributed by atoms with E-state index in [4.69, 9.17) is 5.10 Å². The maximum atomic E-state index is 4.89. The molecule has 0 saturated carbocycles. The number of benzene rings is 1. The summed E-state index contributed by atoms with van der Waals surface area (Å²) >= 11 is 1.82. The Kier molecular flexibility index (Phi) is 5.09. The normalized spacial score (nSPS) is 11.7. The second kappa shape index (κ2) is 7.26. The smallest absolute Gasteiger partial charge is 0.104 e. The minimum absolute atomic E-state index is 0.917. The van der Waals surface area contributed by atoms with Crippen LogP contribution in [0.1, 0.15) is 34.1 Å². The molecule has 5 heteroatoms. The van der Waals surface area contributed by atoms with Crippen LogP contribution < -0.4 is 5.32 Å². The van der Waals surface area contributed by atoms with Crippen LogP contribution in [0.5, 0.6) is 0 Å². The van der Waals surface area contributed by atoms with Gasteiger partial charge in [-0.05, 0) is 31.5 Å². The van der Waals surface area contributed by atoms with E-state index in [1.165, 1.54) is 26.4 Å². The highest BCUT2D eigenvalue weighted by Gasteiger charge is 2.25. The summed E-state index contributed by atoms with van der Waals surface area (Å²) in [7, 11) is 0. The Morgan fingerprint density at radius 1 is 1.17 bits per heavy atom. The number of rotatable bonds is 4. The zero-order valence-electron chi connectivity index (χ0n) is 14.8. The lowest BCUT2D eigenvalue weighted by Gasteiger charge is -2.18. The highest BCUT2D eigenvalue weighted by atomic mass is 32.2. The van der Waals surface area contributed by atoms with E-state index in [-0.39, 0.29) is 0 Å².